The highest BCUT2D eigenvalue weighted by Crippen LogP contribution is 2.24. The number of hydrogen-bond acceptors (Lipinski definition) is 4. The summed E-state index contributed by atoms with van der Waals surface area (Å²) in [5.74, 6) is -0.137. The predicted octanol–water partition coefficient (Wildman–Crippen LogP) is 2.55. The first-order valence-electron chi connectivity index (χ1n) is 6.58. The summed E-state index contributed by atoms with van der Waals surface area (Å²) in [5, 5.41) is 0. The van der Waals surface area contributed by atoms with Gasteiger partial charge in [-0.3, -0.25) is 0 Å². The maximum Gasteiger partial charge on any atom is 0.363 e. The van der Waals surface area contributed by atoms with Crippen molar-refractivity contribution in [1.29, 1.82) is 0 Å². The number of rotatable bonds is 2. The maximum atomic E-state index is 12.8. The number of hydrogen-bond donors (Lipinski definition) is 0. The van der Waals surface area contributed by atoms with Gasteiger partial charge in [-0.05, 0) is 36.6 Å². The van der Waals surface area contributed by atoms with Crippen molar-refractivity contribution in [3.8, 4) is 0 Å². The molecule has 1 saturated heterocycles. The van der Waals surface area contributed by atoms with Crippen LogP contribution in [0, 0.1) is 11.7 Å². The molecule has 1 aromatic rings. The minimum atomic E-state index is -0.448. The molecule has 2 aliphatic heterocycles. The van der Waals surface area contributed by atoms with Gasteiger partial charge in [-0.1, -0.05) is 12.1 Å². The summed E-state index contributed by atoms with van der Waals surface area (Å²) in [5.41, 5.74) is 0.980. The monoisotopic (exact) mass is 275 g/mol. The van der Waals surface area contributed by atoms with E-state index < -0.39 is 5.97 Å². The van der Waals surface area contributed by atoms with Crippen molar-refractivity contribution in [2.24, 2.45) is 10.9 Å². The van der Waals surface area contributed by atoms with E-state index in [-0.39, 0.29) is 17.4 Å². The van der Waals surface area contributed by atoms with Gasteiger partial charge in [0.1, 0.15) is 5.82 Å². The van der Waals surface area contributed by atoms with E-state index in [9.17, 15) is 9.18 Å². The van der Waals surface area contributed by atoms with Crippen LogP contribution in [0.4, 0.5) is 4.39 Å². The number of carbonyl (C=O) groups is 1. The van der Waals surface area contributed by atoms with E-state index in [4.69, 9.17) is 9.47 Å². The Bertz CT molecular complexity index is 571. The smallest absolute Gasteiger partial charge is 0.363 e. The number of carbonyl (C=O) groups excluding carboxylic acids is 1. The van der Waals surface area contributed by atoms with Crippen molar-refractivity contribution < 1.29 is 18.7 Å². The molecule has 1 fully saturated rings. The van der Waals surface area contributed by atoms with Gasteiger partial charge in [-0.2, -0.15) is 0 Å². The molecule has 0 atom stereocenters. The Balaban J connectivity index is 1.80. The molecule has 0 aliphatic carbocycles. The van der Waals surface area contributed by atoms with Crippen LogP contribution in [0.2, 0.25) is 0 Å². The van der Waals surface area contributed by atoms with Crippen LogP contribution in [-0.4, -0.2) is 25.1 Å². The number of cyclic esters (lactones) is 1. The molecule has 2 heterocycles. The average Bonchev–Trinajstić information content (AvgIpc) is 2.84. The lowest BCUT2D eigenvalue weighted by molar-refractivity contribution is -0.130. The minimum Gasteiger partial charge on any atom is -0.406 e. The van der Waals surface area contributed by atoms with Crippen LogP contribution in [0.15, 0.2) is 35.0 Å². The summed E-state index contributed by atoms with van der Waals surface area (Å²) >= 11 is 0. The number of aliphatic imine (C=N–C) groups is 1. The third-order valence-corrected chi connectivity index (χ3v) is 3.38. The third kappa shape index (κ3) is 2.77. The summed E-state index contributed by atoms with van der Waals surface area (Å²) in [4.78, 5) is 16.1. The highest BCUT2D eigenvalue weighted by atomic mass is 19.1. The highest BCUT2D eigenvalue weighted by Gasteiger charge is 2.30. The standard InChI is InChI=1S/C15H14FNO3/c16-12-3-1-10(2-4-12)9-13-15(18)20-14(17-13)11-5-7-19-8-6-11/h1-4,9,11H,5-8H2/b13-9+. The summed E-state index contributed by atoms with van der Waals surface area (Å²) in [7, 11) is 0. The zero-order chi connectivity index (χ0) is 13.9. The summed E-state index contributed by atoms with van der Waals surface area (Å²) in [6.45, 7) is 1.33. The Morgan fingerprint density at radius 1 is 1.20 bits per heavy atom. The van der Waals surface area contributed by atoms with Crippen LogP contribution >= 0.6 is 0 Å². The first-order valence-corrected chi connectivity index (χ1v) is 6.58. The van der Waals surface area contributed by atoms with Gasteiger partial charge in [0.25, 0.3) is 0 Å². The molecular formula is C15H14FNO3. The molecule has 1 aromatic carbocycles. The van der Waals surface area contributed by atoms with Gasteiger partial charge in [-0.25, -0.2) is 14.2 Å². The second kappa shape index (κ2) is 5.54. The Labute approximate surface area is 115 Å². The van der Waals surface area contributed by atoms with Crippen molar-refractivity contribution in [3.05, 3.63) is 41.3 Å². The molecule has 3 rings (SSSR count). The van der Waals surface area contributed by atoms with E-state index in [0.29, 0.717) is 19.1 Å². The summed E-state index contributed by atoms with van der Waals surface area (Å²) in [6.07, 6.45) is 3.24. The van der Waals surface area contributed by atoms with Gasteiger partial charge in [0, 0.05) is 19.1 Å². The lowest BCUT2D eigenvalue weighted by Crippen LogP contribution is -2.24. The molecule has 104 valence electrons. The second-order valence-electron chi connectivity index (χ2n) is 4.81. The van der Waals surface area contributed by atoms with Gasteiger partial charge in [0.05, 0.1) is 0 Å². The number of benzene rings is 1. The zero-order valence-electron chi connectivity index (χ0n) is 10.8. The van der Waals surface area contributed by atoms with Crippen LogP contribution in [-0.2, 0) is 14.3 Å². The van der Waals surface area contributed by atoms with E-state index in [1.54, 1.807) is 18.2 Å². The SMILES string of the molecule is O=C1OC(C2CCOCC2)=N/C1=C/c1ccc(F)cc1. The topological polar surface area (TPSA) is 47.9 Å². The fourth-order valence-electron chi connectivity index (χ4n) is 2.26. The predicted molar refractivity (Wildman–Crippen MR) is 71.4 cm³/mol. The Kier molecular flexibility index (Phi) is 3.60. The number of nitrogens with zero attached hydrogens (tertiary/aromatic N) is 1. The molecule has 0 unspecified atom stereocenters. The fraction of sp³-hybridized carbons (Fsp3) is 0.333. The molecule has 0 bridgehead atoms. The van der Waals surface area contributed by atoms with Gasteiger partial charge in [-0.15, -0.1) is 0 Å². The average molecular weight is 275 g/mol. The third-order valence-electron chi connectivity index (χ3n) is 3.38. The molecule has 4 nitrogen and oxygen atoms in total. The second-order valence-corrected chi connectivity index (χ2v) is 4.81. The van der Waals surface area contributed by atoms with Crippen molar-refractivity contribution in [2.75, 3.05) is 13.2 Å². The van der Waals surface area contributed by atoms with E-state index in [1.165, 1.54) is 12.1 Å². The van der Waals surface area contributed by atoms with Crippen molar-refractivity contribution in [2.45, 2.75) is 12.8 Å². The zero-order valence-corrected chi connectivity index (χ0v) is 10.8. The molecule has 0 amide bonds. The molecule has 5 heteroatoms. The van der Waals surface area contributed by atoms with E-state index in [2.05, 4.69) is 4.99 Å². The molecule has 2 aliphatic rings. The highest BCUT2D eigenvalue weighted by molar-refractivity contribution is 6.07. The largest absolute Gasteiger partial charge is 0.406 e. The normalized spacial score (nSPS) is 21.9. The van der Waals surface area contributed by atoms with E-state index in [0.717, 1.165) is 18.4 Å². The lowest BCUT2D eigenvalue weighted by Gasteiger charge is -2.20. The molecule has 0 aromatic heterocycles. The molecule has 20 heavy (non-hydrogen) atoms. The minimum absolute atomic E-state index is 0.145. The van der Waals surface area contributed by atoms with Crippen molar-refractivity contribution in [3.63, 3.8) is 0 Å². The van der Waals surface area contributed by atoms with Crippen LogP contribution < -0.4 is 0 Å². The maximum absolute atomic E-state index is 12.8. The molecular weight excluding hydrogens is 261 g/mol. The molecule has 0 spiro atoms. The molecule has 0 radical (unpaired) electrons. The Morgan fingerprint density at radius 2 is 1.90 bits per heavy atom. The van der Waals surface area contributed by atoms with Crippen LogP contribution in [0.5, 0.6) is 0 Å². The first kappa shape index (κ1) is 13.0. The first-order chi connectivity index (χ1) is 9.72. The molecule has 0 N–H and O–H groups in total. The number of halogens is 1. The Morgan fingerprint density at radius 3 is 2.60 bits per heavy atom. The van der Waals surface area contributed by atoms with Crippen LogP contribution in [0.25, 0.3) is 6.08 Å². The fourth-order valence-corrected chi connectivity index (χ4v) is 2.26. The van der Waals surface area contributed by atoms with Gasteiger partial charge in [0.15, 0.2) is 5.70 Å². The van der Waals surface area contributed by atoms with Crippen molar-refractivity contribution in [1.82, 2.24) is 0 Å². The van der Waals surface area contributed by atoms with E-state index in [1.807, 2.05) is 0 Å². The lowest BCUT2D eigenvalue weighted by atomic mass is 10.0. The van der Waals surface area contributed by atoms with Gasteiger partial charge < -0.3 is 9.47 Å². The molecule has 0 saturated carbocycles. The van der Waals surface area contributed by atoms with Crippen molar-refractivity contribution >= 4 is 17.9 Å². The summed E-state index contributed by atoms with van der Waals surface area (Å²) in [6, 6.07) is 5.88. The van der Waals surface area contributed by atoms with Crippen LogP contribution in [0.1, 0.15) is 18.4 Å². The van der Waals surface area contributed by atoms with Gasteiger partial charge >= 0.3 is 5.97 Å². The number of ether oxygens (including phenoxy) is 2. The summed E-state index contributed by atoms with van der Waals surface area (Å²) < 4.78 is 23.3. The van der Waals surface area contributed by atoms with E-state index >= 15 is 0 Å². The Hall–Kier alpha value is -2.01. The van der Waals surface area contributed by atoms with Crippen LogP contribution in [0.3, 0.4) is 0 Å². The quantitative estimate of drug-likeness (QED) is 0.615. The number of esters is 1. The van der Waals surface area contributed by atoms with Gasteiger partial charge in [0.2, 0.25) is 5.90 Å².